The molecule has 2 saturated heterocycles. The first-order chi connectivity index (χ1) is 50.7. The number of phosphoric acid groups is 1. The van der Waals surface area contributed by atoms with Gasteiger partial charge in [0.15, 0.2) is 23.1 Å². The summed E-state index contributed by atoms with van der Waals surface area (Å²) in [5.41, 5.74) is 6.54. The summed E-state index contributed by atoms with van der Waals surface area (Å²) < 4.78 is 47.6. The number of hydrogen-bond donors (Lipinski definition) is 15. The van der Waals surface area contributed by atoms with Crippen molar-refractivity contribution in [3.05, 3.63) is 48.8 Å². The summed E-state index contributed by atoms with van der Waals surface area (Å²) in [6, 6.07) is -5.18. The molecular weight excluding hydrogens is 1440 g/mol. The van der Waals surface area contributed by atoms with Gasteiger partial charge < -0.3 is 97.0 Å². The van der Waals surface area contributed by atoms with Gasteiger partial charge in [-0.05, 0) is 69.8 Å². The lowest BCUT2D eigenvalue weighted by molar-refractivity contribution is -0.138. The Morgan fingerprint density at radius 1 is 0.813 bits per heavy atom. The molecule has 0 radical (unpaired) electrons. The number of aromatic nitrogens is 4. The molecule has 16 N–H and O–H groups in total. The van der Waals surface area contributed by atoms with Crippen molar-refractivity contribution in [2.24, 2.45) is 46.4 Å². The van der Waals surface area contributed by atoms with Crippen molar-refractivity contribution in [1.82, 2.24) is 51.0 Å². The standard InChI is InChI=1S/C34H53N6O12P.C32H52N6O12.2CH3F/c1-20(2)11-27-30(43)13-23(12-24-16-36-19-37-24)33(46)39-28(18-41)31(44)15-26(32(35)45)21(3)52-53(48,49)51-10-8-6-5-7-9-50-25-14-29(34(47)38-27)40(17-25)22(4)42;1-18(2)9-20(10-26(43)24-5-4-7-38(24)19(3)41)32(49)37-23(12-22-13-33-17-35-22)25(42)11-21(15-39)31(48)34-6-8-50-36-14-27(44)29(46)30(47)28(45)16-40;2*1-2/h7,9,16,19-21,23,25-29,41H,5-6,8,10-15,17-18H2,1-4H3,(H2,35,45)(H,36,37)(H,38,47)(H,39,46)(H,48,49);13-14,17-18,20-21,23-24,27-30,39-40,44-47H,4-12,15-16H2,1-3H3,(H,33,35)(H,34,48)(H,37,49);2*1H3/b9-7+;36-14+;;/t21-,23-,25-,26+,27+,28+,29+;20-,21+,23+,24+,27?,28?,29?,30?;;/m11../s1. The number of oxime groups is 1. The second-order valence-corrected chi connectivity index (χ2v) is 28.2. The van der Waals surface area contributed by atoms with Gasteiger partial charge in [0.1, 0.15) is 49.2 Å². The van der Waals surface area contributed by atoms with Crippen LogP contribution in [0.4, 0.5) is 8.78 Å². The molecule has 7 amide bonds. The van der Waals surface area contributed by atoms with Crippen LogP contribution < -0.4 is 27.0 Å². The minimum Gasteiger partial charge on any atom is -0.496 e. The average molecular weight is 1550 g/mol. The van der Waals surface area contributed by atoms with Gasteiger partial charge >= 0.3 is 7.82 Å². The van der Waals surface area contributed by atoms with E-state index in [2.05, 4.69) is 46.4 Å². The highest BCUT2D eigenvalue weighted by molar-refractivity contribution is 7.47. The van der Waals surface area contributed by atoms with E-state index in [1.165, 1.54) is 61.9 Å². The van der Waals surface area contributed by atoms with Crippen molar-refractivity contribution >= 4 is 78.5 Å². The van der Waals surface area contributed by atoms with Crippen LogP contribution in [0.3, 0.4) is 0 Å². The van der Waals surface area contributed by atoms with E-state index in [0.717, 1.165) is 6.21 Å². The molecule has 107 heavy (non-hydrogen) atoms. The van der Waals surface area contributed by atoms with E-state index in [-0.39, 0.29) is 94.3 Å². The quantitative estimate of drug-likeness (QED) is 0.0205. The monoisotopic (exact) mass is 1550 g/mol. The molecule has 0 spiro atoms. The van der Waals surface area contributed by atoms with Crippen molar-refractivity contribution in [2.45, 2.75) is 205 Å². The lowest BCUT2D eigenvalue weighted by atomic mass is 9.88. The van der Waals surface area contributed by atoms with Gasteiger partial charge in [0.25, 0.3) is 0 Å². The van der Waals surface area contributed by atoms with E-state index in [1.54, 1.807) is 6.08 Å². The van der Waals surface area contributed by atoms with Crippen LogP contribution >= 0.6 is 7.82 Å². The van der Waals surface area contributed by atoms with Crippen LogP contribution in [-0.4, -0.2) is 275 Å². The van der Waals surface area contributed by atoms with Crippen LogP contribution in [0.1, 0.15) is 137 Å². The SMILES string of the molecule is CC(=O)N1CCC[C@H]1C(=O)C[C@@H](CC(C)C)C(=O)N[C@@H](Cc1cnc[nH]1)C(=O)C[C@@H](CO)C(=O)NCCO/N=C/C(O)C(O)C(O)C(O)CO.CC(=O)N1C[C@H]2C[C@H]1C(=O)N[C@@H](CC(C)C)C(=O)C[C@@H](Cc1cnc[nH]1)C(=O)N[C@@H](CO)C(=O)C[C@H](C(N)=O)[C@@H](C)OP(=O)(O)OCCCC/C=C/O2.CF.CF. The van der Waals surface area contributed by atoms with Gasteiger partial charge in [-0.3, -0.25) is 70.6 Å². The third-order valence-corrected chi connectivity index (χ3v) is 18.6. The molecule has 5 rings (SSSR count). The Morgan fingerprint density at radius 3 is 2.03 bits per heavy atom. The molecule has 0 saturated carbocycles. The Hall–Kier alpha value is -7.91. The van der Waals surface area contributed by atoms with Crippen LogP contribution in [-0.2, 0) is 88.8 Å². The molecule has 606 valence electrons. The predicted molar refractivity (Wildman–Crippen MR) is 378 cm³/mol. The Balaban J connectivity index is 0.000000696. The number of primary amides is 1. The molecule has 36 nitrogen and oxygen atoms in total. The topological polar surface area (TPSA) is 554 Å². The van der Waals surface area contributed by atoms with Gasteiger partial charge in [0.2, 0.25) is 41.4 Å². The lowest BCUT2D eigenvalue weighted by Crippen LogP contribution is -2.52. The minimum atomic E-state index is -4.69. The van der Waals surface area contributed by atoms with Gasteiger partial charge in [0, 0.05) is 95.0 Å². The molecule has 5 heterocycles. The number of fused-ring (bicyclic) bond motifs is 2. The summed E-state index contributed by atoms with van der Waals surface area (Å²) >= 11 is 0. The van der Waals surface area contributed by atoms with Crippen LogP contribution in [0.5, 0.6) is 0 Å². The molecule has 2 aromatic heterocycles. The number of aromatic amines is 2. The number of nitrogens with one attached hydrogen (secondary N) is 6. The van der Waals surface area contributed by atoms with E-state index in [0.29, 0.717) is 70.8 Å². The third-order valence-electron chi connectivity index (χ3n) is 17.5. The number of aliphatic hydroxyl groups is 7. The molecular formula is C68H111F2N12O24P. The van der Waals surface area contributed by atoms with Crippen molar-refractivity contribution in [3.8, 4) is 0 Å². The molecule has 2 aromatic rings. The molecule has 0 aromatic carbocycles. The van der Waals surface area contributed by atoms with Gasteiger partial charge in [-0.15, -0.1) is 0 Å². The number of ketones is 4. The second-order valence-electron chi connectivity index (χ2n) is 26.8. The van der Waals surface area contributed by atoms with E-state index >= 15 is 0 Å². The van der Waals surface area contributed by atoms with E-state index in [4.69, 9.17) is 29.5 Å². The highest BCUT2D eigenvalue weighted by Crippen LogP contribution is 2.46. The Morgan fingerprint density at radius 2 is 1.45 bits per heavy atom. The summed E-state index contributed by atoms with van der Waals surface area (Å²) in [6.45, 7) is 9.25. The van der Waals surface area contributed by atoms with Crippen molar-refractivity contribution in [3.63, 3.8) is 0 Å². The summed E-state index contributed by atoms with van der Waals surface area (Å²) in [5, 5.41) is 81.3. The number of nitrogens with two attached hydrogens (primary N) is 1. The largest absolute Gasteiger partial charge is 0.496 e. The maximum absolute atomic E-state index is 13.9. The number of ether oxygens (including phenoxy) is 1. The number of halogens is 2. The number of amides is 7. The van der Waals surface area contributed by atoms with E-state index in [9.17, 15) is 102 Å². The zero-order valence-electron chi connectivity index (χ0n) is 62.0. The van der Waals surface area contributed by atoms with Crippen molar-refractivity contribution < 1.29 is 125 Å². The fourth-order valence-electron chi connectivity index (χ4n) is 11.9. The van der Waals surface area contributed by atoms with Crippen molar-refractivity contribution in [2.75, 3.05) is 67.0 Å². The molecule has 2 fully saturated rings. The zero-order chi connectivity index (χ0) is 80.7. The number of hydrogen-bond acceptors (Lipinski definition) is 26. The first-order valence-electron chi connectivity index (χ1n) is 35.2. The lowest BCUT2D eigenvalue weighted by Gasteiger charge is -2.27. The Bertz CT molecular complexity index is 3190. The number of aliphatic hydroxyl groups excluding tert-OH is 7. The fraction of sp³-hybridized carbons (Fsp3) is 0.706. The molecule has 3 aliphatic heterocycles. The molecule has 2 bridgehead atoms. The van der Waals surface area contributed by atoms with Gasteiger partial charge in [-0.2, -0.15) is 0 Å². The number of carbonyl (C=O) groups is 11. The maximum Gasteiger partial charge on any atom is 0.472 e. The van der Waals surface area contributed by atoms with Crippen LogP contribution in [0.15, 0.2) is 42.5 Å². The molecule has 16 atom stereocenters. The number of likely N-dealkylation sites (tertiary alicyclic amines) is 2. The summed E-state index contributed by atoms with van der Waals surface area (Å²) in [4.78, 5) is 176. The molecule has 0 aliphatic carbocycles. The third kappa shape index (κ3) is 33.6. The first kappa shape index (κ1) is 95.2. The predicted octanol–water partition coefficient (Wildman–Crippen LogP) is -0.815. The number of rotatable bonds is 29. The van der Waals surface area contributed by atoms with Crippen LogP contribution in [0, 0.1) is 35.5 Å². The minimum absolute atomic E-state index is 0.00973. The van der Waals surface area contributed by atoms with Gasteiger partial charge in [-0.1, -0.05) is 32.9 Å². The van der Waals surface area contributed by atoms with Crippen molar-refractivity contribution in [1.29, 1.82) is 0 Å². The van der Waals surface area contributed by atoms with Crippen LogP contribution in [0.2, 0.25) is 0 Å². The first-order valence-corrected chi connectivity index (χ1v) is 36.7. The number of phosphoric ester groups is 1. The number of alkyl halides is 2. The summed E-state index contributed by atoms with van der Waals surface area (Å²) in [5.74, 6) is -10.7. The van der Waals surface area contributed by atoms with E-state index < -0.39 is 178 Å². The van der Waals surface area contributed by atoms with Gasteiger partial charge in [0.05, 0.1) is 121 Å². The normalized spacial score (nSPS) is 24.5. The molecule has 39 heteroatoms. The Labute approximate surface area is 620 Å². The highest BCUT2D eigenvalue weighted by atomic mass is 31.2. The summed E-state index contributed by atoms with van der Waals surface area (Å²) in [7, 11) is -3.69. The molecule has 3 aliphatic rings. The number of allylic oxidation sites excluding steroid dienone is 1. The zero-order valence-corrected chi connectivity index (χ0v) is 62.9. The number of H-pyrrole nitrogens is 2. The maximum atomic E-state index is 13.9. The highest BCUT2D eigenvalue weighted by Gasteiger charge is 2.43. The molecule has 5 unspecified atom stereocenters. The number of imidazole rings is 2. The smallest absolute Gasteiger partial charge is 0.472 e. The Kier molecular flexibility index (Phi) is 44.4. The fourth-order valence-corrected chi connectivity index (χ4v) is 12.9. The number of carbonyl (C=O) groups excluding carboxylic acids is 11. The summed E-state index contributed by atoms with van der Waals surface area (Å²) in [6.07, 6.45) is 2.44. The van der Waals surface area contributed by atoms with Gasteiger partial charge in [-0.25, -0.2) is 14.5 Å². The average Bonchev–Trinajstić information content (AvgIpc) is 1.73. The second kappa shape index (κ2) is 49.9. The number of Topliss-reactive ketones (excluding diaryl/α,β-unsaturated/α-hetero) is 4. The van der Waals surface area contributed by atoms with E-state index in [1.807, 2.05) is 27.7 Å². The van der Waals surface area contributed by atoms with Crippen LogP contribution in [0.25, 0.3) is 0 Å². The number of nitrogens with zero attached hydrogens (tertiary/aromatic N) is 5.